The van der Waals surface area contributed by atoms with Gasteiger partial charge in [-0.1, -0.05) is 11.3 Å². The van der Waals surface area contributed by atoms with E-state index in [-0.39, 0.29) is 11.5 Å². The second kappa shape index (κ2) is 6.05. The Kier molecular flexibility index (Phi) is 4.10. The second-order valence-corrected chi connectivity index (χ2v) is 6.64. The number of hydrogen-bond acceptors (Lipinski definition) is 5. The first kappa shape index (κ1) is 15.6. The van der Waals surface area contributed by atoms with Gasteiger partial charge in [0, 0.05) is 10.7 Å². The lowest BCUT2D eigenvalue weighted by Crippen LogP contribution is -2.12. The molecule has 0 atom stereocenters. The molecule has 2 heterocycles. The first-order valence-corrected chi connectivity index (χ1v) is 8.12. The molecule has 116 valence electrons. The summed E-state index contributed by atoms with van der Waals surface area (Å²) in [7, 11) is 0. The van der Waals surface area contributed by atoms with E-state index in [1.54, 1.807) is 12.1 Å². The molecule has 3 rings (SSSR count). The number of aryl methyl sites for hydroxylation is 1. The van der Waals surface area contributed by atoms with Gasteiger partial charge < -0.3 is 5.11 Å². The molecule has 2 aromatic heterocycles. The Morgan fingerprint density at radius 2 is 2.04 bits per heavy atom. The molecule has 0 radical (unpaired) electrons. The van der Waals surface area contributed by atoms with Crippen LogP contribution >= 0.6 is 27.3 Å². The summed E-state index contributed by atoms with van der Waals surface area (Å²) in [6.45, 7) is 1.83. The van der Waals surface area contributed by atoms with Crippen LogP contribution in [0.5, 0.6) is 0 Å². The van der Waals surface area contributed by atoms with Crippen molar-refractivity contribution in [2.45, 2.75) is 6.92 Å². The number of aromatic carboxylic acids is 1. The van der Waals surface area contributed by atoms with Crippen LogP contribution in [0.1, 0.15) is 26.4 Å². The van der Waals surface area contributed by atoms with Crippen molar-refractivity contribution >= 4 is 54.5 Å². The Morgan fingerprint density at radius 1 is 1.26 bits per heavy atom. The molecule has 0 bridgehead atoms. The molecule has 8 heteroatoms. The van der Waals surface area contributed by atoms with Crippen LogP contribution in [-0.2, 0) is 0 Å². The van der Waals surface area contributed by atoms with Gasteiger partial charge in [0.15, 0.2) is 5.13 Å². The van der Waals surface area contributed by atoms with Crippen LogP contribution < -0.4 is 5.32 Å². The monoisotopic (exact) mass is 391 g/mol. The Hall–Kier alpha value is -2.32. The fraction of sp³-hybridized carbons (Fsp3) is 0.0667. The summed E-state index contributed by atoms with van der Waals surface area (Å²) in [6, 6.07) is 6.33. The van der Waals surface area contributed by atoms with Crippen molar-refractivity contribution in [2.75, 3.05) is 5.32 Å². The fourth-order valence-corrected chi connectivity index (χ4v) is 3.16. The Balaban J connectivity index is 1.87. The van der Waals surface area contributed by atoms with Crippen LogP contribution in [-0.4, -0.2) is 27.0 Å². The zero-order valence-corrected chi connectivity index (χ0v) is 14.2. The largest absolute Gasteiger partial charge is 0.478 e. The maximum atomic E-state index is 12.2. The molecule has 0 unspecified atom stereocenters. The standard InChI is InChI=1S/C15H10BrN3O3S/c1-7-10(16)4-9(6-17-7)13(20)19-15-18-11-3-2-8(14(21)22)5-12(11)23-15/h2-6H,1H3,(H,21,22)(H,18,19,20). The lowest BCUT2D eigenvalue weighted by atomic mass is 10.2. The number of pyridine rings is 1. The quantitative estimate of drug-likeness (QED) is 0.709. The van der Waals surface area contributed by atoms with E-state index in [0.717, 1.165) is 10.2 Å². The minimum Gasteiger partial charge on any atom is -0.478 e. The number of nitrogens with one attached hydrogen (secondary N) is 1. The SMILES string of the molecule is Cc1ncc(C(=O)Nc2nc3ccc(C(=O)O)cc3s2)cc1Br. The minimum atomic E-state index is -0.999. The van der Waals surface area contributed by atoms with Crippen molar-refractivity contribution in [1.29, 1.82) is 0 Å². The predicted octanol–water partition coefficient (Wildman–Crippen LogP) is 3.71. The molecule has 0 saturated carbocycles. The van der Waals surface area contributed by atoms with Crippen molar-refractivity contribution in [3.05, 3.63) is 51.8 Å². The number of hydrogen-bond donors (Lipinski definition) is 2. The van der Waals surface area contributed by atoms with Gasteiger partial charge in [0.05, 0.1) is 27.0 Å². The summed E-state index contributed by atoms with van der Waals surface area (Å²) in [6.07, 6.45) is 1.49. The van der Waals surface area contributed by atoms with Crippen molar-refractivity contribution < 1.29 is 14.7 Å². The van der Waals surface area contributed by atoms with Gasteiger partial charge in [-0.15, -0.1) is 0 Å². The summed E-state index contributed by atoms with van der Waals surface area (Å²) in [5.41, 5.74) is 2.03. The third kappa shape index (κ3) is 3.22. The summed E-state index contributed by atoms with van der Waals surface area (Å²) in [5, 5.41) is 12.1. The van der Waals surface area contributed by atoms with E-state index in [2.05, 4.69) is 31.2 Å². The topological polar surface area (TPSA) is 92.2 Å². The van der Waals surface area contributed by atoms with Crippen molar-refractivity contribution in [2.24, 2.45) is 0 Å². The van der Waals surface area contributed by atoms with Gasteiger partial charge in [-0.3, -0.25) is 15.1 Å². The highest BCUT2D eigenvalue weighted by Gasteiger charge is 2.13. The number of rotatable bonds is 3. The van der Waals surface area contributed by atoms with E-state index < -0.39 is 5.97 Å². The van der Waals surface area contributed by atoms with E-state index in [9.17, 15) is 9.59 Å². The van der Waals surface area contributed by atoms with E-state index >= 15 is 0 Å². The molecule has 0 saturated heterocycles. The molecule has 0 aliphatic carbocycles. The lowest BCUT2D eigenvalue weighted by molar-refractivity contribution is 0.0697. The van der Waals surface area contributed by atoms with Crippen LogP contribution in [0.25, 0.3) is 10.2 Å². The second-order valence-electron chi connectivity index (χ2n) is 4.75. The molecular weight excluding hydrogens is 382 g/mol. The van der Waals surface area contributed by atoms with E-state index in [1.165, 1.54) is 29.7 Å². The van der Waals surface area contributed by atoms with E-state index in [1.807, 2.05) is 6.92 Å². The van der Waals surface area contributed by atoms with Gasteiger partial charge in [0.25, 0.3) is 5.91 Å². The summed E-state index contributed by atoms with van der Waals surface area (Å²) >= 11 is 4.56. The van der Waals surface area contributed by atoms with E-state index in [4.69, 9.17) is 5.11 Å². The van der Waals surface area contributed by atoms with Crippen molar-refractivity contribution in [1.82, 2.24) is 9.97 Å². The van der Waals surface area contributed by atoms with Gasteiger partial charge in [-0.2, -0.15) is 0 Å². The zero-order valence-electron chi connectivity index (χ0n) is 11.8. The Morgan fingerprint density at radius 3 is 2.74 bits per heavy atom. The molecule has 23 heavy (non-hydrogen) atoms. The number of anilines is 1. The highest BCUT2D eigenvalue weighted by atomic mass is 79.9. The number of carboxylic acid groups (broad SMARTS) is 1. The molecule has 6 nitrogen and oxygen atoms in total. The van der Waals surface area contributed by atoms with Gasteiger partial charge in [-0.25, -0.2) is 9.78 Å². The van der Waals surface area contributed by atoms with Crippen LogP contribution in [0.4, 0.5) is 5.13 Å². The maximum Gasteiger partial charge on any atom is 0.335 e. The molecule has 0 aliphatic heterocycles. The Bertz CT molecular complexity index is 939. The van der Waals surface area contributed by atoms with Crippen molar-refractivity contribution in [3.8, 4) is 0 Å². The molecule has 2 N–H and O–H groups in total. The normalized spacial score (nSPS) is 10.7. The predicted molar refractivity (Wildman–Crippen MR) is 91.2 cm³/mol. The molecular formula is C15H10BrN3O3S. The lowest BCUT2D eigenvalue weighted by Gasteiger charge is -2.03. The first-order valence-electron chi connectivity index (χ1n) is 6.51. The third-order valence-corrected chi connectivity index (χ3v) is 4.88. The minimum absolute atomic E-state index is 0.186. The third-order valence-electron chi connectivity index (χ3n) is 3.14. The zero-order chi connectivity index (χ0) is 16.6. The highest BCUT2D eigenvalue weighted by Crippen LogP contribution is 2.27. The van der Waals surface area contributed by atoms with E-state index in [0.29, 0.717) is 20.9 Å². The molecule has 0 aliphatic rings. The van der Waals surface area contributed by atoms with Gasteiger partial charge in [-0.05, 0) is 47.1 Å². The number of carbonyl (C=O) groups excluding carboxylic acids is 1. The highest BCUT2D eigenvalue weighted by molar-refractivity contribution is 9.10. The number of amides is 1. The van der Waals surface area contributed by atoms with Crippen LogP contribution in [0.15, 0.2) is 34.9 Å². The fourth-order valence-electron chi connectivity index (χ4n) is 1.91. The molecule has 1 aromatic carbocycles. The average molecular weight is 392 g/mol. The maximum absolute atomic E-state index is 12.2. The number of benzene rings is 1. The number of carbonyl (C=O) groups is 2. The van der Waals surface area contributed by atoms with Gasteiger partial charge in [0.1, 0.15) is 0 Å². The molecule has 1 amide bonds. The summed E-state index contributed by atoms with van der Waals surface area (Å²) in [5.74, 6) is -1.32. The van der Waals surface area contributed by atoms with Crippen LogP contribution in [0, 0.1) is 6.92 Å². The smallest absolute Gasteiger partial charge is 0.335 e. The number of carboxylic acids is 1. The summed E-state index contributed by atoms with van der Waals surface area (Å²) < 4.78 is 1.45. The van der Waals surface area contributed by atoms with Gasteiger partial charge >= 0.3 is 5.97 Å². The number of thiazole rings is 1. The van der Waals surface area contributed by atoms with Crippen LogP contribution in [0.3, 0.4) is 0 Å². The summed E-state index contributed by atoms with van der Waals surface area (Å²) in [4.78, 5) is 31.6. The molecule has 3 aromatic rings. The van der Waals surface area contributed by atoms with Gasteiger partial charge in [0.2, 0.25) is 0 Å². The number of nitrogens with zero attached hydrogens (tertiary/aromatic N) is 2. The van der Waals surface area contributed by atoms with Crippen molar-refractivity contribution in [3.63, 3.8) is 0 Å². The molecule has 0 fully saturated rings. The Labute approximate surface area is 143 Å². The number of halogens is 1. The number of fused-ring (bicyclic) bond motifs is 1. The molecule has 0 spiro atoms. The van der Waals surface area contributed by atoms with Crippen LogP contribution in [0.2, 0.25) is 0 Å². The number of aromatic nitrogens is 2. The average Bonchev–Trinajstić information content (AvgIpc) is 2.90. The first-order chi connectivity index (χ1) is 10.9.